The van der Waals surface area contributed by atoms with E-state index in [1.54, 1.807) is 4.52 Å². The highest BCUT2D eigenvalue weighted by Gasteiger charge is 2.15. The standard InChI is InChI=1S/C25H25N7OS/c1-17-14-18(2)31(29-17)13-12-22-28-24-20-10-6-7-11-21(20)27-25(32(24)30-22)34-16-23(33)26-15-19-8-4-3-5-9-19/h3-11,14H,12-13,15-16H2,1-2H3,(H,26,33). The van der Waals surface area contributed by atoms with Gasteiger partial charge in [-0.15, -0.1) is 5.10 Å². The van der Waals surface area contributed by atoms with Crippen LogP contribution >= 0.6 is 11.8 Å². The van der Waals surface area contributed by atoms with Crippen LogP contribution in [0, 0.1) is 13.8 Å². The van der Waals surface area contributed by atoms with Crippen LogP contribution in [0.15, 0.2) is 65.8 Å². The minimum atomic E-state index is -0.0539. The summed E-state index contributed by atoms with van der Waals surface area (Å²) >= 11 is 1.36. The zero-order chi connectivity index (χ0) is 23.5. The van der Waals surface area contributed by atoms with Gasteiger partial charge in [-0.3, -0.25) is 9.48 Å². The largest absolute Gasteiger partial charge is 0.351 e. The van der Waals surface area contributed by atoms with Gasteiger partial charge in [-0.25, -0.2) is 9.97 Å². The van der Waals surface area contributed by atoms with E-state index in [1.165, 1.54) is 11.8 Å². The number of aryl methyl sites for hydroxylation is 4. The summed E-state index contributed by atoms with van der Waals surface area (Å²) < 4.78 is 3.73. The summed E-state index contributed by atoms with van der Waals surface area (Å²) in [5, 5.41) is 13.8. The Bertz CT molecular complexity index is 1460. The topological polar surface area (TPSA) is 90.0 Å². The Morgan fingerprint density at radius 2 is 1.79 bits per heavy atom. The molecule has 0 atom stereocenters. The molecule has 0 saturated carbocycles. The molecule has 0 spiro atoms. The summed E-state index contributed by atoms with van der Waals surface area (Å²) in [5.74, 6) is 0.914. The van der Waals surface area contributed by atoms with E-state index in [2.05, 4.69) is 16.5 Å². The number of nitrogens with zero attached hydrogens (tertiary/aromatic N) is 6. The number of amides is 1. The van der Waals surface area contributed by atoms with E-state index >= 15 is 0 Å². The van der Waals surface area contributed by atoms with Crippen LogP contribution in [0.2, 0.25) is 0 Å². The molecule has 0 aliphatic carbocycles. The predicted octanol–water partition coefficient (Wildman–Crippen LogP) is 3.74. The molecule has 0 aliphatic heterocycles. The van der Waals surface area contributed by atoms with Crippen molar-refractivity contribution in [2.75, 3.05) is 5.75 Å². The van der Waals surface area contributed by atoms with Crippen LogP contribution in [-0.2, 0) is 24.3 Å². The summed E-state index contributed by atoms with van der Waals surface area (Å²) in [6.07, 6.45) is 0.652. The highest BCUT2D eigenvalue weighted by molar-refractivity contribution is 7.99. The Balaban J connectivity index is 1.35. The quantitative estimate of drug-likeness (QED) is 0.274. The summed E-state index contributed by atoms with van der Waals surface area (Å²) in [5.41, 5.74) is 4.77. The van der Waals surface area contributed by atoms with Crippen molar-refractivity contribution in [2.24, 2.45) is 0 Å². The van der Waals surface area contributed by atoms with E-state index in [9.17, 15) is 4.79 Å². The van der Waals surface area contributed by atoms with E-state index in [1.807, 2.05) is 73.1 Å². The molecule has 0 saturated heterocycles. The Kier molecular flexibility index (Phi) is 6.27. The first-order valence-electron chi connectivity index (χ1n) is 11.2. The Hall–Kier alpha value is -3.72. The second-order valence-electron chi connectivity index (χ2n) is 8.13. The van der Waals surface area contributed by atoms with E-state index in [0.717, 1.165) is 39.3 Å². The number of fused-ring (bicyclic) bond motifs is 3. The SMILES string of the molecule is Cc1cc(C)n(CCc2nc3c4ccccc4nc(SCC(=O)NCc4ccccc4)n3n2)n1. The maximum Gasteiger partial charge on any atom is 0.230 e. The Labute approximate surface area is 201 Å². The zero-order valence-corrected chi connectivity index (χ0v) is 19.9. The molecular formula is C25H25N7OS. The number of hydrogen-bond donors (Lipinski definition) is 1. The second-order valence-corrected chi connectivity index (χ2v) is 9.07. The molecule has 1 N–H and O–H groups in total. The third-order valence-corrected chi connectivity index (χ3v) is 6.44. The molecule has 1 amide bonds. The molecule has 5 aromatic rings. The molecule has 0 bridgehead atoms. The van der Waals surface area contributed by atoms with Crippen LogP contribution in [-0.4, -0.2) is 41.0 Å². The second kappa shape index (κ2) is 9.64. The van der Waals surface area contributed by atoms with Gasteiger partial charge in [0.25, 0.3) is 0 Å². The maximum absolute atomic E-state index is 12.5. The number of para-hydroxylation sites is 1. The van der Waals surface area contributed by atoms with Gasteiger partial charge in [0, 0.05) is 30.6 Å². The number of rotatable bonds is 8. The third-order valence-electron chi connectivity index (χ3n) is 5.51. The van der Waals surface area contributed by atoms with Gasteiger partial charge in [0.2, 0.25) is 5.91 Å². The highest BCUT2D eigenvalue weighted by atomic mass is 32.2. The van der Waals surface area contributed by atoms with Crippen molar-refractivity contribution >= 4 is 34.2 Å². The molecule has 8 nitrogen and oxygen atoms in total. The van der Waals surface area contributed by atoms with Crippen molar-refractivity contribution < 1.29 is 4.79 Å². The van der Waals surface area contributed by atoms with Crippen LogP contribution in [0.5, 0.6) is 0 Å². The highest BCUT2D eigenvalue weighted by Crippen LogP contribution is 2.24. The minimum absolute atomic E-state index is 0.0539. The number of thioether (sulfide) groups is 1. The van der Waals surface area contributed by atoms with Crippen molar-refractivity contribution in [1.82, 2.24) is 34.7 Å². The monoisotopic (exact) mass is 471 g/mol. The molecule has 9 heteroatoms. The lowest BCUT2D eigenvalue weighted by Gasteiger charge is -2.07. The summed E-state index contributed by atoms with van der Waals surface area (Å²) in [6, 6.07) is 19.8. The fourth-order valence-corrected chi connectivity index (χ4v) is 4.63. The van der Waals surface area contributed by atoms with Gasteiger partial charge in [0.1, 0.15) is 0 Å². The van der Waals surface area contributed by atoms with E-state index in [4.69, 9.17) is 15.1 Å². The number of benzene rings is 2. The van der Waals surface area contributed by atoms with Gasteiger partial charge < -0.3 is 5.32 Å². The Morgan fingerprint density at radius 3 is 2.59 bits per heavy atom. The van der Waals surface area contributed by atoms with Crippen LogP contribution in [0.4, 0.5) is 0 Å². The minimum Gasteiger partial charge on any atom is -0.351 e. The molecule has 0 unspecified atom stereocenters. The fraction of sp³-hybridized carbons (Fsp3) is 0.240. The molecular weight excluding hydrogens is 446 g/mol. The maximum atomic E-state index is 12.5. The molecule has 0 fully saturated rings. The molecule has 3 heterocycles. The number of carbonyl (C=O) groups excluding carboxylic acids is 1. The average molecular weight is 472 g/mol. The van der Waals surface area contributed by atoms with E-state index in [-0.39, 0.29) is 11.7 Å². The van der Waals surface area contributed by atoms with Crippen molar-refractivity contribution in [3.8, 4) is 0 Å². The Morgan fingerprint density at radius 1 is 1.00 bits per heavy atom. The van der Waals surface area contributed by atoms with Gasteiger partial charge in [-0.1, -0.05) is 54.2 Å². The lowest BCUT2D eigenvalue weighted by Crippen LogP contribution is -2.24. The summed E-state index contributed by atoms with van der Waals surface area (Å²) in [4.78, 5) is 22.1. The normalized spacial score (nSPS) is 11.4. The number of carbonyl (C=O) groups is 1. The van der Waals surface area contributed by atoms with E-state index < -0.39 is 0 Å². The predicted molar refractivity (Wildman–Crippen MR) is 133 cm³/mol. The van der Waals surface area contributed by atoms with Crippen LogP contribution in [0.3, 0.4) is 0 Å². The smallest absolute Gasteiger partial charge is 0.230 e. The number of hydrogen-bond acceptors (Lipinski definition) is 6. The lowest BCUT2D eigenvalue weighted by atomic mass is 10.2. The molecule has 34 heavy (non-hydrogen) atoms. The summed E-state index contributed by atoms with van der Waals surface area (Å²) in [7, 11) is 0. The van der Waals surface area contributed by atoms with Gasteiger partial charge in [-0.2, -0.15) is 9.61 Å². The van der Waals surface area contributed by atoms with Gasteiger partial charge in [0.15, 0.2) is 16.6 Å². The molecule has 0 radical (unpaired) electrons. The van der Waals surface area contributed by atoms with E-state index in [0.29, 0.717) is 24.7 Å². The number of aromatic nitrogens is 6. The van der Waals surface area contributed by atoms with Crippen molar-refractivity contribution in [2.45, 2.75) is 38.5 Å². The van der Waals surface area contributed by atoms with Gasteiger partial charge in [-0.05, 0) is 37.6 Å². The molecule has 2 aromatic carbocycles. The first-order valence-corrected chi connectivity index (χ1v) is 12.1. The first-order chi connectivity index (χ1) is 16.6. The van der Waals surface area contributed by atoms with Crippen molar-refractivity contribution in [1.29, 1.82) is 0 Å². The first kappa shape index (κ1) is 22.1. The van der Waals surface area contributed by atoms with Crippen LogP contribution in [0.1, 0.15) is 22.8 Å². The van der Waals surface area contributed by atoms with Gasteiger partial charge >= 0.3 is 0 Å². The summed E-state index contributed by atoms with van der Waals surface area (Å²) in [6.45, 7) is 5.24. The molecule has 172 valence electrons. The van der Waals surface area contributed by atoms with Crippen molar-refractivity contribution in [3.63, 3.8) is 0 Å². The fourth-order valence-electron chi connectivity index (χ4n) is 3.86. The van der Waals surface area contributed by atoms with Crippen molar-refractivity contribution in [3.05, 3.63) is 83.4 Å². The average Bonchev–Trinajstić information content (AvgIpc) is 3.43. The molecule has 3 aromatic heterocycles. The lowest BCUT2D eigenvalue weighted by molar-refractivity contribution is -0.118. The zero-order valence-electron chi connectivity index (χ0n) is 19.1. The van der Waals surface area contributed by atoms with Crippen LogP contribution < -0.4 is 5.32 Å². The van der Waals surface area contributed by atoms with Gasteiger partial charge in [0.05, 0.1) is 17.0 Å². The third kappa shape index (κ3) is 4.79. The molecule has 0 aliphatic rings. The molecule has 5 rings (SSSR count). The van der Waals surface area contributed by atoms with Crippen LogP contribution in [0.25, 0.3) is 16.6 Å². The number of nitrogens with one attached hydrogen (secondary N) is 1.